The third-order valence-corrected chi connectivity index (χ3v) is 6.69. The highest BCUT2D eigenvalue weighted by atomic mass is 35.5. The van der Waals surface area contributed by atoms with Gasteiger partial charge < -0.3 is 24.2 Å². The maximum atomic E-state index is 13.5. The highest BCUT2D eigenvalue weighted by Gasteiger charge is 2.38. The quantitative estimate of drug-likeness (QED) is 0.276. The highest BCUT2D eigenvalue weighted by Crippen LogP contribution is 2.38. The number of nitrogens with zero attached hydrogens (tertiary/aromatic N) is 2. The van der Waals surface area contributed by atoms with Crippen molar-refractivity contribution in [3.8, 4) is 5.75 Å². The summed E-state index contributed by atoms with van der Waals surface area (Å²) in [7, 11) is 1.00. The summed E-state index contributed by atoms with van der Waals surface area (Å²) in [5.41, 5.74) is 2.53. The van der Waals surface area contributed by atoms with Gasteiger partial charge in [-0.1, -0.05) is 35.9 Å². The number of carbonyl (C=O) groups excluding carboxylic acids is 2. The third kappa shape index (κ3) is 7.47. The van der Waals surface area contributed by atoms with Crippen LogP contribution in [-0.2, 0) is 25.7 Å². The van der Waals surface area contributed by atoms with Gasteiger partial charge in [0.05, 0.1) is 24.8 Å². The van der Waals surface area contributed by atoms with Gasteiger partial charge in [0.2, 0.25) is 5.91 Å². The lowest BCUT2D eigenvalue weighted by atomic mass is 9.84. The average Bonchev–Trinajstić information content (AvgIpc) is 3.43. The Morgan fingerprint density at radius 1 is 1.27 bits per heavy atom. The summed E-state index contributed by atoms with van der Waals surface area (Å²) in [5.74, 6) is 0.218. The number of aliphatic hydroxyl groups is 1. The monoisotopic (exact) mass is 548 g/mol. The molecule has 0 radical (unpaired) electrons. The minimum absolute atomic E-state index is 0.0317. The van der Waals surface area contributed by atoms with Crippen molar-refractivity contribution in [2.75, 3.05) is 32.6 Å². The Balaban J connectivity index is 0.00000186. The van der Waals surface area contributed by atoms with Crippen LogP contribution in [0.25, 0.3) is 0 Å². The number of rotatable bonds is 9. The van der Waals surface area contributed by atoms with Crippen LogP contribution >= 0.6 is 24.2 Å². The smallest absolute Gasteiger partial charge is 0.336 e. The van der Waals surface area contributed by atoms with Gasteiger partial charge in [0.25, 0.3) is 0 Å². The first kappa shape index (κ1) is 29.0. The molecule has 3 heterocycles. The summed E-state index contributed by atoms with van der Waals surface area (Å²) in [5, 5.41) is 7.35. The maximum Gasteiger partial charge on any atom is 0.336 e. The normalized spacial score (nSPS) is 19.4. The van der Waals surface area contributed by atoms with Gasteiger partial charge in [0, 0.05) is 49.3 Å². The fourth-order valence-electron chi connectivity index (χ4n) is 4.51. The zero-order valence-corrected chi connectivity index (χ0v) is 22.7. The number of aliphatic hydroxyl groups excluding tert-OH is 1. The van der Waals surface area contributed by atoms with Crippen LogP contribution in [0.15, 0.2) is 53.9 Å². The number of halogens is 1. The average molecular weight is 549 g/mol. The lowest BCUT2D eigenvalue weighted by Crippen LogP contribution is -2.42. The maximum absolute atomic E-state index is 13.5. The first-order valence-corrected chi connectivity index (χ1v) is 13.2. The van der Waals surface area contributed by atoms with Gasteiger partial charge in [-0.05, 0) is 37.5 Å². The zero-order valence-electron chi connectivity index (χ0n) is 21.1. The van der Waals surface area contributed by atoms with E-state index in [0.717, 1.165) is 31.1 Å². The van der Waals surface area contributed by atoms with Crippen molar-refractivity contribution in [3.63, 3.8) is 0 Å². The number of carbonyl (C=O) groups is 2. The van der Waals surface area contributed by atoms with Crippen LogP contribution in [0, 0.1) is 0 Å². The van der Waals surface area contributed by atoms with E-state index in [1.165, 1.54) is 0 Å². The number of aromatic nitrogens is 1. The van der Waals surface area contributed by atoms with Crippen LogP contribution in [0.5, 0.6) is 5.75 Å². The fourth-order valence-corrected chi connectivity index (χ4v) is 4.71. The van der Waals surface area contributed by atoms with Crippen molar-refractivity contribution < 1.29 is 28.9 Å². The Kier molecular flexibility index (Phi) is 11.3. The molecule has 1 saturated heterocycles. The molecular weight excluding hydrogens is 516 g/mol. The molecule has 1 aromatic carbocycles. The van der Waals surface area contributed by atoms with Gasteiger partial charge in [0.1, 0.15) is 17.5 Å². The Hall–Kier alpha value is -2.59. The van der Waals surface area contributed by atoms with Crippen molar-refractivity contribution in [2.24, 2.45) is 0 Å². The molecule has 0 unspecified atom stereocenters. The second-order valence-electron chi connectivity index (χ2n) is 8.57. The molecule has 2 aliphatic rings. The van der Waals surface area contributed by atoms with Crippen molar-refractivity contribution in [3.05, 3.63) is 70.1 Å². The number of esters is 1. The minimum Gasteiger partial charge on any atom is -0.492 e. The Morgan fingerprint density at radius 2 is 2.05 bits per heavy atom. The van der Waals surface area contributed by atoms with E-state index in [1.807, 2.05) is 24.3 Å². The predicted molar refractivity (Wildman–Crippen MR) is 144 cm³/mol. The second kappa shape index (κ2) is 14.4. The molecule has 0 bridgehead atoms. The fraction of sp³-hybridized carbons (Fsp3) is 0.444. The van der Waals surface area contributed by atoms with E-state index in [2.05, 4.69) is 17.6 Å². The Labute approximate surface area is 228 Å². The summed E-state index contributed by atoms with van der Waals surface area (Å²) in [6.45, 7) is 3.40. The molecule has 2 aromatic rings. The largest absolute Gasteiger partial charge is 0.492 e. The van der Waals surface area contributed by atoms with Crippen LogP contribution < -0.4 is 4.74 Å². The van der Waals surface area contributed by atoms with Crippen LogP contribution in [0.1, 0.15) is 43.2 Å². The number of ether oxygens (including phenoxy) is 3. The molecular formula is C27H33ClN2O6S. The first-order chi connectivity index (χ1) is 18.0. The lowest BCUT2D eigenvalue weighted by Gasteiger charge is -2.35. The van der Waals surface area contributed by atoms with Crippen LogP contribution in [0.4, 0.5) is 0 Å². The SMILES string of the molecule is CC1=C(C(=O)OCc2ccccc2OCCS)[C@@H](c2ccc(Cl)nc2)CC(=O)N1C[C@@H]1CCCO1.CO. The second-order valence-corrected chi connectivity index (χ2v) is 9.40. The molecule has 4 rings (SSSR count). The molecule has 0 spiro atoms. The van der Waals surface area contributed by atoms with Gasteiger partial charge >= 0.3 is 5.97 Å². The summed E-state index contributed by atoms with van der Waals surface area (Å²) in [6.07, 6.45) is 3.58. The van der Waals surface area contributed by atoms with E-state index in [9.17, 15) is 9.59 Å². The number of para-hydroxylation sites is 1. The molecule has 1 fully saturated rings. The van der Waals surface area contributed by atoms with Crippen molar-refractivity contribution in [1.29, 1.82) is 0 Å². The Morgan fingerprint density at radius 3 is 2.73 bits per heavy atom. The first-order valence-electron chi connectivity index (χ1n) is 12.2. The van der Waals surface area contributed by atoms with Crippen LogP contribution in [0.2, 0.25) is 5.15 Å². The predicted octanol–water partition coefficient (Wildman–Crippen LogP) is 4.16. The molecule has 0 saturated carbocycles. The molecule has 8 nitrogen and oxygen atoms in total. The van der Waals surface area contributed by atoms with Crippen LogP contribution in [0.3, 0.4) is 0 Å². The third-order valence-electron chi connectivity index (χ3n) is 6.29. The Bertz CT molecular complexity index is 1090. The summed E-state index contributed by atoms with van der Waals surface area (Å²) in [4.78, 5) is 32.5. The molecule has 200 valence electrons. The molecule has 0 aliphatic carbocycles. The van der Waals surface area contributed by atoms with Gasteiger partial charge in [-0.25, -0.2) is 9.78 Å². The van der Waals surface area contributed by atoms with E-state index < -0.39 is 11.9 Å². The van der Waals surface area contributed by atoms with Crippen LogP contribution in [-0.4, -0.2) is 65.6 Å². The van der Waals surface area contributed by atoms with Gasteiger partial charge in [-0.2, -0.15) is 12.6 Å². The molecule has 10 heteroatoms. The van der Waals surface area contributed by atoms with Gasteiger partial charge in [0.15, 0.2) is 0 Å². The number of hydrogen-bond donors (Lipinski definition) is 2. The van der Waals surface area contributed by atoms with E-state index in [4.69, 9.17) is 30.9 Å². The molecule has 37 heavy (non-hydrogen) atoms. The molecule has 1 aromatic heterocycles. The van der Waals surface area contributed by atoms with Crippen molar-refractivity contribution in [2.45, 2.75) is 44.8 Å². The van der Waals surface area contributed by atoms with Gasteiger partial charge in [-0.3, -0.25) is 4.79 Å². The number of amides is 1. The number of benzene rings is 1. The molecule has 2 aliphatic heterocycles. The summed E-state index contributed by atoms with van der Waals surface area (Å²) >= 11 is 10.2. The van der Waals surface area contributed by atoms with Gasteiger partial charge in [-0.15, -0.1) is 0 Å². The van der Waals surface area contributed by atoms with E-state index in [0.29, 0.717) is 47.7 Å². The zero-order chi connectivity index (χ0) is 26.8. The standard InChI is InChI=1S/C26H29ClN2O5S.CH4O/c1-17-25(26(31)34-16-19-5-2-3-7-22(19)33-11-12-35)21(18-8-9-23(27)28-14-18)13-24(30)29(17)15-20-6-4-10-32-20;1-2/h2-3,5,7-9,14,20-21,35H,4,6,10-13,15-16H2,1H3;2H,1H3/t20-,21+;/m0./s1. The minimum atomic E-state index is -0.476. The van der Waals surface area contributed by atoms with E-state index in [1.54, 1.807) is 30.2 Å². The van der Waals surface area contributed by atoms with E-state index >= 15 is 0 Å². The molecule has 2 atom stereocenters. The molecule has 1 N–H and O–H groups in total. The number of pyridine rings is 1. The van der Waals surface area contributed by atoms with E-state index in [-0.39, 0.29) is 25.0 Å². The topological polar surface area (TPSA) is 98.2 Å². The van der Waals surface area contributed by atoms with Crippen molar-refractivity contribution in [1.82, 2.24) is 9.88 Å². The summed E-state index contributed by atoms with van der Waals surface area (Å²) in [6, 6.07) is 10.9. The molecule has 1 amide bonds. The summed E-state index contributed by atoms with van der Waals surface area (Å²) < 4.78 is 17.2. The highest BCUT2D eigenvalue weighted by molar-refractivity contribution is 7.80. The lowest BCUT2D eigenvalue weighted by molar-refractivity contribution is -0.141. The number of allylic oxidation sites excluding steroid dienone is 1. The van der Waals surface area contributed by atoms with Crippen molar-refractivity contribution >= 4 is 36.1 Å². The number of thiol groups is 1. The number of hydrogen-bond acceptors (Lipinski definition) is 8.